The van der Waals surface area contributed by atoms with Gasteiger partial charge < -0.3 is 5.32 Å². The minimum Gasteiger partial charge on any atom is -0.316 e. The molecule has 0 aromatic heterocycles. The summed E-state index contributed by atoms with van der Waals surface area (Å²) in [6.45, 7) is 4.74. The molecule has 1 heterocycles. The predicted octanol–water partition coefficient (Wildman–Crippen LogP) is 3.42. The predicted molar refractivity (Wildman–Crippen MR) is 72.3 cm³/mol. The molecule has 92 valence electrons. The van der Waals surface area contributed by atoms with Gasteiger partial charge in [-0.3, -0.25) is 0 Å². The summed E-state index contributed by atoms with van der Waals surface area (Å²) in [5, 5.41) is 3.56. The van der Waals surface area contributed by atoms with E-state index in [9.17, 15) is 0 Å². The zero-order chi connectivity index (χ0) is 11.7. The van der Waals surface area contributed by atoms with Gasteiger partial charge in [-0.1, -0.05) is 37.1 Å². The highest BCUT2D eigenvalue weighted by Gasteiger charge is 2.43. The van der Waals surface area contributed by atoms with Crippen LogP contribution in [0.4, 0.5) is 0 Å². The Kier molecular flexibility index (Phi) is 2.96. The van der Waals surface area contributed by atoms with Crippen LogP contribution in [0.5, 0.6) is 0 Å². The summed E-state index contributed by atoms with van der Waals surface area (Å²) in [5.41, 5.74) is 3.64. The first-order valence-electron chi connectivity index (χ1n) is 7.10. The molecule has 1 nitrogen and oxygen atoms in total. The maximum atomic E-state index is 3.56. The fourth-order valence-corrected chi connectivity index (χ4v) is 4.16. The first-order chi connectivity index (χ1) is 8.33. The topological polar surface area (TPSA) is 12.0 Å². The molecule has 1 saturated heterocycles. The lowest BCUT2D eigenvalue weighted by Crippen LogP contribution is -2.34. The minimum atomic E-state index is 0.495. The Labute approximate surface area is 105 Å². The summed E-state index contributed by atoms with van der Waals surface area (Å²) in [6, 6.07) is 9.08. The minimum absolute atomic E-state index is 0.495. The van der Waals surface area contributed by atoms with Gasteiger partial charge in [0.15, 0.2) is 0 Å². The number of benzene rings is 1. The Hall–Kier alpha value is -0.820. The zero-order valence-electron chi connectivity index (χ0n) is 10.8. The maximum absolute atomic E-state index is 3.56. The molecule has 2 fully saturated rings. The van der Waals surface area contributed by atoms with Crippen molar-refractivity contribution >= 4 is 0 Å². The molecule has 2 aliphatic rings. The molecule has 1 unspecified atom stereocenters. The molecule has 0 spiro atoms. The van der Waals surface area contributed by atoms with Gasteiger partial charge in [0, 0.05) is 0 Å². The van der Waals surface area contributed by atoms with Gasteiger partial charge in [-0.15, -0.1) is 0 Å². The lowest BCUT2D eigenvalue weighted by Gasteiger charge is -2.37. The van der Waals surface area contributed by atoms with E-state index in [0.29, 0.717) is 5.41 Å². The molecule has 1 aliphatic carbocycles. The molecular weight excluding hydrogens is 206 g/mol. The highest BCUT2D eigenvalue weighted by Crippen LogP contribution is 2.49. The molecule has 1 aliphatic heterocycles. The summed E-state index contributed by atoms with van der Waals surface area (Å²) in [5.74, 6) is 0.867. The fraction of sp³-hybridized carbons (Fsp3) is 0.625. The van der Waals surface area contributed by atoms with Crippen LogP contribution >= 0.6 is 0 Å². The first-order valence-corrected chi connectivity index (χ1v) is 7.10. The zero-order valence-corrected chi connectivity index (χ0v) is 10.8. The van der Waals surface area contributed by atoms with Crippen molar-refractivity contribution in [2.24, 2.45) is 5.92 Å². The molecule has 3 rings (SSSR count). The summed E-state index contributed by atoms with van der Waals surface area (Å²) in [6.07, 6.45) is 7.03. The normalized spacial score (nSPS) is 27.5. The van der Waals surface area contributed by atoms with Gasteiger partial charge in [0.25, 0.3) is 0 Å². The maximum Gasteiger partial charge on any atom is -0.000358 e. The SMILES string of the molecule is Cc1ccccc1C1(C2CCNC2)CCCC1. The van der Waals surface area contributed by atoms with Crippen LogP contribution < -0.4 is 5.32 Å². The average molecular weight is 229 g/mol. The Morgan fingerprint density at radius 1 is 1.18 bits per heavy atom. The van der Waals surface area contributed by atoms with Crippen molar-refractivity contribution in [1.29, 1.82) is 0 Å². The molecule has 1 aromatic rings. The molecule has 0 bridgehead atoms. The standard InChI is InChI=1S/C16H23N/c1-13-6-2-3-7-15(13)16(9-4-5-10-16)14-8-11-17-12-14/h2-3,6-7,14,17H,4-5,8-12H2,1H3. The Balaban J connectivity index is 2.02. The van der Waals surface area contributed by atoms with E-state index in [0.717, 1.165) is 5.92 Å². The van der Waals surface area contributed by atoms with E-state index >= 15 is 0 Å². The van der Waals surface area contributed by atoms with Gasteiger partial charge in [-0.2, -0.15) is 0 Å². The van der Waals surface area contributed by atoms with E-state index in [1.165, 1.54) is 50.8 Å². The quantitative estimate of drug-likeness (QED) is 0.819. The third kappa shape index (κ3) is 1.81. The second-order valence-corrected chi connectivity index (χ2v) is 5.87. The van der Waals surface area contributed by atoms with Gasteiger partial charge in [0.2, 0.25) is 0 Å². The number of hydrogen-bond donors (Lipinski definition) is 1. The summed E-state index contributed by atoms with van der Waals surface area (Å²) < 4.78 is 0. The van der Waals surface area contributed by atoms with E-state index < -0.39 is 0 Å². The highest BCUT2D eigenvalue weighted by atomic mass is 14.9. The fourth-order valence-electron chi connectivity index (χ4n) is 4.16. The second kappa shape index (κ2) is 4.45. The van der Waals surface area contributed by atoms with Crippen LogP contribution in [0.15, 0.2) is 24.3 Å². The molecule has 1 N–H and O–H groups in total. The number of rotatable bonds is 2. The van der Waals surface area contributed by atoms with Crippen LogP contribution in [-0.4, -0.2) is 13.1 Å². The lowest BCUT2D eigenvalue weighted by atomic mass is 9.67. The molecule has 1 heteroatoms. The van der Waals surface area contributed by atoms with Gasteiger partial charge in [-0.05, 0) is 61.7 Å². The van der Waals surface area contributed by atoms with E-state index in [-0.39, 0.29) is 0 Å². The second-order valence-electron chi connectivity index (χ2n) is 5.87. The van der Waals surface area contributed by atoms with E-state index in [2.05, 4.69) is 36.5 Å². The summed E-state index contributed by atoms with van der Waals surface area (Å²) in [4.78, 5) is 0. The lowest BCUT2D eigenvalue weighted by molar-refractivity contribution is 0.290. The molecular formula is C16H23N. The molecule has 0 radical (unpaired) electrons. The molecule has 1 aromatic carbocycles. The average Bonchev–Trinajstić information content (AvgIpc) is 3.01. The van der Waals surface area contributed by atoms with Crippen LogP contribution in [0.25, 0.3) is 0 Å². The van der Waals surface area contributed by atoms with Gasteiger partial charge in [0.05, 0.1) is 0 Å². The van der Waals surface area contributed by atoms with E-state index in [1.54, 1.807) is 5.56 Å². The Morgan fingerprint density at radius 3 is 2.59 bits per heavy atom. The Bertz CT molecular complexity index is 384. The van der Waals surface area contributed by atoms with Gasteiger partial charge >= 0.3 is 0 Å². The summed E-state index contributed by atoms with van der Waals surface area (Å²) in [7, 11) is 0. The van der Waals surface area contributed by atoms with Crippen LogP contribution in [0.2, 0.25) is 0 Å². The van der Waals surface area contributed by atoms with Crippen molar-refractivity contribution < 1.29 is 0 Å². The van der Waals surface area contributed by atoms with E-state index in [1.807, 2.05) is 0 Å². The summed E-state index contributed by atoms with van der Waals surface area (Å²) >= 11 is 0. The highest BCUT2D eigenvalue weighted by molar-refractivity contribution is 5.35. The van der Waals surface area contributed by atoms with Crippen molar-refractivity contribution in [3.05, 3.63) is 35.4 Å². The van der Waals surface area contributed by atoms with Gasteiger partial charge in [0.1, 0.15) is 0 Å². The van der Waals surface area contributed by atoms with Gasteiger partial charge in [-0.25, -0.2) is 0 Å². The molecule has 1 saturated carbocycles. The van der Waals surface area contributed by atoms with Crippen molar-refractivity contribution in [3.63, 3.8) is 0 Å². The number of nitrogens with one attached hydrogen (secondary N) is 1. The molecule has 0 amide bonds. The number of aryl methyl sites for hydroxylation is 1. The third-order valence-corrected chi connectivity index (χ3v) is 5.02. The van der Waals surface area contributed by atoms with Crippen LogP contribution in [0.1, 0.15) is 43.2 Å². The van der Waals surface area contributed by atoms with Crippen molar-refractivity contribution in [2.45, 2.75) is 44.4 Å². The number of hydrogen-bond acceptors (Lipinski definition) is 1. The largest absolute Gasteiger partial charge is 0.316 e. The third-order valence-electron chi connectivity index (χ3n) is 5.02. The van der Waals surface area contributed by atoms with Crippen molar-refractivity contribution in [3.8, 4) is 0 Å². The molecule has 1 atom stereocenters. The smallest absolute Gasteiger partial charge is 0.000358 e. The van der Waals surface area contributed by atoms with Crippen LogP contribution in [0.3, 0.4) is 0 Å². The molecule has 17 heavy (non-hydrogen) atoms. The van der Waals surface area contributed by atoms with Crippen LogP contribution in [-0.2, 0) is 5.41 Å². The van der Waals surface area contributed by atoms with E-state index in [4.69, 9.17) is 0 Å². The first kappa shape index (κ1) is 11.3. The van der Waals surface area contributed by atoms with Crippen molar-refractivity contribution in [1.82, 2.24) is 5.32 Å². The van der Waals surface area contributed by atoms with Crippen LogP contribution in [0, 0.1) is 12.8 Å². The monoisotopic (exact) mass is 229 g/mol. The van der Waals surface area contributed by atoms with Crippen molar-refractivity contribution in [2.75, 3.05) is 13.1 Å². The Morgan fingerprint density at radius 2 is 1.94 bits per heavy atom.